The molecule has 1 saturated carbocycles. The molecule has 3 fully saturated rings. The average molecular weight is 473 g/mol. The number of fused-ring (bicyclic) bond motifs is 2. The van der Waals surface area contributed by atoms with Crippen LogP contribution < -0.4 is 0 Å². The van der Waals surface area contributed by atoms with E-state index in [0.29, 0.717) is 19.4 Å². The van der Waals surface area contributed by atoms with Crippen molar-refractivity contribution in [3.05, 3.63) is 24.3 Å². The minimum Gasteiger partial charge on any atom is -0.465 e. The van der Waals surface area contributed by atoms with Gasteiger partial charge in [0.25, 0.3) is 0 Å². The van der Waals surface area contributed by atoms with Crippen LogP contribution in [0.25, 0.3) is 0 Å². The molecule has 5 aliphatic rings. The van der Waals surface area contributed by atoms with Gasteiger partial charge >= 0.3 is 5.97 Å². The van der Waals surface area contributed by atoms with Gasteiger partial charge in [0.1, 0.15) is 17.6 Å². The lowest BCUT2D eigenvalue weighted by Gasteiger charge is -2.42. The Morgan fingerprint density at radius 1 is 1.09 bits per heavy atom. The van der Waals surface area contributed by atoms with Crippen molar-refractivity contribution in [1.29, 1.82) is 0 Å². The Kier molecular flexibility index (Phi) is 6.09. The number of nitrogens with zero attached hydrogens (tertiary/aromatic N) is 2. The Morgan fingerprint density at radius 3 is 2.56 bits per heavy atom. The van der Waals surface area contributed by atoms with Crippen LogP contribution in [-0.4, -0.2) is 81.8 Å². The molecule has 186 valence electrons. The van der Waals surface area contributed by atoms with Gasteiger partial charge in [-0.1, -0.05) is 50.5 Å². The second-order valence-electron chi connectivity index (χ2n) is 10.5. The van der Waals surface area contributed by atoms with E-state index in [9.17, 15) is 19.5 Å². The van der Waals surface area contributed by atoms with E-state index in [4.69, 9.17) is 9.47 Å². The molecule has 4 aliphatic heterocycles. The minimum absolute atomic E-state index is 0.127. The topological polar surface area (TPSA) is 96.4 Å². The van der Waals surface area contributed by atoms with E-state index in [1.165, 1.54) is 11.3 Å². The van der Waals surface area contributed by atoms with Crippen LogP contribution in [0.3, 0.4) is 0 Å². The quantitative estimate of drug-likeness (QED) is 0.496. The summed E-state index contributed by atoms with van der Waals surface area (Å²) in [6.07, 6.45) is 13.9. The number of amides is 2. The molecule has 1 unspecified atom stereocenters. The van der Waals surface area contributed by atoms with Crippen LogP contribution in [0.2, 0.25) is 0 Å². The first-order chi connectivity index (χ1) is 16.4. The van der Waals surface area contributed by atoms with Crippen molar-refractivity contribution in [2.45, 2.75) is 88.1 Å². The SMILES string of the molecule is CC[C@@H](CO)N1C(=O)[C@@H]2[C@H]3C(=O)OCCC=C[C@@]3(C)O[C@@]23C=CCN(C2CCCCC2)C(=O)C13. The van der Waals surface area contributed by atoms with Crippen LogP contribution >= 0.6 is 0 Å². The number of hydrogen-bond acceptors (Lipinski definition) is 6. The van der Waals surface area contributed by atoms with Gasteiger partial charge in [0.05, 0.1) is 30.8 Å². The zero-order valence-corrected chi connectivity index (χ0v) is 20.2. The number of likely N-dealkylation sites (tertiary alicyclic amines) is 1. The molecule has 2 amide bonds. The first kappa shape index (κ1) is 23.5. The lowest BCUT2D eigenvalue weighted by Crippen LogP contribution is -2.60. The summed E-state index contributed by atoms with van der Waals surface area (Å²) in [6, 6.07) is -1.32. The molecule has 8 nitrogen and oxygen atoms in total. The first-order valence-corrected chi connectivity index (χ1v) is 12.8. The standard InChI is InChI=1S/C26H36N2O6/c1-3-17(16-29)28-21-23(31)27(18-10-5-4-6-11-18)14-9-13-26(21)19(22(28)30)20-24(32)33-15-8-7-12-25(20,2)34-26/h7,9,12-13,17-21,29H,3-6,8,10-11,14-16H2,1-2H3/t17-,19-,20-,21?,25+,26-/m0/s1. The van der Waals surface area contributed by atoms with Crippen LogP contribution in [0.15, 0.2) is 24.3 Å². The number of esters is 1. The molecule has 1 aliphatic carbocycles. The number of aliphatic hydroxyl groups excluding tert-OH is 1. The highest BCUT2D eigenvalue weighted by Gasteiger charge is 2.75. The molecule has 8 heteroatoms. The van der Waals surface area contributed by atoms with Gasteiger partial charge in [0.15, 0.2) is 0 Å². The van der Waals surface area contributed by atoms with Gasteiger partial charge in [-0.2, -0.15) is 0 Å². The Labute approximate surface area is 200 Å². The van der Waals surface area contributed by atoms with Gasteiger partial charge in [0.2, 0.25) is 11.8 Å². The Bertz CT molecular complexity index is 907. The molecular formula is C26H36N2O6. The van der Waals surface area contributed by atoms with Crippen molar-refractivity contribution in [3.8, 4) is 0 Å². The lowest BCUT2D eigenvalue weighted by atomic mass is 9.74. The van der Waals surface area contributed by atoms with Crippen LogP contribution in [0, 0.1) is 11.8 Å². The normalized spacial score (nSPS) is 39.1. The van der Waals surface area contributed by atoms with E-state index in [2.05, 4.69) is 0 Å². The summed E-state index contributed by atoms with van der Waals surface area (Å²) in [4.78, 5) is 45.0. The van der Waals surface area contributed by atoms with E-state index in [-0.39, 0.29) is 31.1 Å². The van der Waals surface area contributed by atoms with Crippen LogP contribution in [0.4, 0.5) is 0 Å². The maximum absolute atomic E-state index is 14.3. The molecule has 0 bridgehead atoms. The monoisotopic (exact) mass is 472 g/mol. The fourth-order valence-electron chi connectivity index (χ4n) is 6.97. The number of rotatable bonds is 4. The van der Waals surface area contributed by atoms with Crippen molar-refractivity contribution in [2.75, 3.05) is 19.8 Å². The zero-order chi connectivity index (χ0) is 24.1. The first-order valence-electron chi connectivity index (χ1n) is 12.8. The molecule has 0 radical (unpaired) electrons. The minimum atomic E-state index is -1.28. The Balaban J connectivity index is 1.64. The summed E-state index contributed by atoms with van der Waals surface area (Å²) in [7, 11) is 0. The van der Waals surface area contributed by atoms with Crippen LogP contribution in [0.1, 0.15) is 58.8 Å². The molecule has 1 N–H and O–H groups in total. The third-order valence-electron chi connectivity index (χ3n) is 8.58. The smallest absolute Gasteiger partial charge is 0.313 e. The van der Waals surface area contributed by atoms with Crippen molar-refractivity contribution in [3.63, 3.8) is 0 Å². The van der Waals surface area contributed by atoms with Gasteiger partial charge in [-0.25, -0.2) is 0 Å². The van der Waals surface area contributed by atoms with Gasteiger partial charge in [-0.05, 0) is 32.6 Å². The van der Waals surface area contributed by atoms with E-state index in [0.717, 1.165) is 25.7 Å². The molecule has 0 aromatic carbocycles. The number of aliphatic hydroxyl groups is 1. The van der Waals surface area contributed by atoms with Crippen molar-refractivity contribution in [1.82, 2.24) is 9.80 Å². The largest absolute Gasteiger partial charge is 0.465 e. The van der Waals surface area contributed by atoms with Gasteiger partial charge in [-0.3, -0.25) is 14.4 Å². The summed E-state index contributed by atoms with van der Waals surface area (Å²) >= 11 is 0. The highest BCUT2D eigenvalue weighted by molar-refractivity contribution is 5.99. The molecule has 4 heterocycles. The molecule has 34 heavy (non-hydrogen) atoms. The Morgan fingerprint density at radius 2 is 1.85 bits per heavy atom. The predicted molar refractivity (Wildman–Crippen MR) is 123 cm³/mol. The van der Waals surface area contributed by atoms with Crippen LogP contribution in [-0.2, 0) is 23.9 Å². The molecule has 1 spiro atoms. The van der Waals surface area contributed by atoms with E-state index < -0.39 is 41.1 Å². The summed E-state index contributed by atoms with van der Waals surface area (Å²) in [5.74, 6) is -2.67. The van der Waals surface area contributed by atoms with E-state index >= 15 is 0 Å². The molecule has 0 aromatic rings. The second-order valence-corrected chi connectivity index (χ2v) is 10.5. The average Bonchev–Trinajstić information content (AvgIpc) is 3.14. The number of cyclic esters (lactones) is 1. The number of carbonyl (C=O) groups excluding carboxylic acids is 3. The van der Waals surface area contributed by atoms with Crippen molar-refractivity contribution >= 4 is 17.8 Å². The highest BCUT2D eigenvalue weighted by atomic mass is 16.6. The molecule has 5 rings (SSSR count). The Hall–Kier alpha value is -2.19. The van der Waals surface area contributed by atoms with Crippen molar-refractivity contribution < 1.29 is 29.0 Å². The predicted octanol–water partition coefficient (Wildman–Crippen LogP) is 1.96. The number of carbonyl (C=O) groups is 3. The summed E-state index contributed by atoms with van der Waals surface area (Å²) in [5, 5.41) is 10.2. The lowest BCUT2D eigenvalue weighted by molar-refractivity contribution is -0.162. The molecular weight excluding hydrogens is 436 g/mol. The van der Waals surface area contributed by atoms with E-state index in [1.807, 2.05) is 43.1 Å². The summed E-state index contributed by atoms with van der Waals surface area (Å²) < 4.78 is 12.2. The van der Waals surface area contributed by atoms with Gasteiger partial charge in [0, 0.05) is 12.6 Å². The van der Waals surface area contributed by atoms with E-state index in [1.54, 1.807) is 0 Å². The van der Waals surface area contributed by atoms with Crippen molar-refractivity contribution in [2.24, 2.45) is 11.8 Å². The summed E-state index contributed by atoms with van der Waals surface area (Å²) in [5.41, 5.74) is -2.35. The van der Waals surface area contributed by atoms with Gasteiger partial charge < -0.3 is 24.4 Å². The fourth-order valence-corrected chi connectivity index (χ4v) is 6.97. The number of ether oxygens (including phenoxy) is 2. The fraction of sp³-hybridized carbons (Fsp3) is 0.731. The number of hydrogen-bond donors (Lipinski definition) is 1. The molecule has 6 atom stereocenters. The maximum Gasteiger partial charge on any atom is 0.313 e. The second kappa shape index (κ2) is 8.79. The third-order valence-corrected chi connectivity index (χ3v) is 8.58. The zero-order valence-electron chi connectivity index (χ0n) is 20.2. The maximum atomic E-state index is 14.3. The van der Waals surface area contributed by atoms with Crippen LogP contribution in [0.5, 0.6) is 0 Å². The van der Waals surface area contributed by atoms with Gasteiger partial charge in [-0.15, -0.1) is 0 Å². The third kappa shape index (κ3) is 3.36. The molecule has 2 saturated heterocycles. The summed E-state index contributed by atoms with van der Waals surface area (Å²) in [6.45, 7) is 4.16. The highest BCUT2D eigenvalue weighted by Crippen LogP contribution is 2.57. The molecule has 0 aromatic heterocycles.